The van der Waals surface area contributed by atoms with Crippen molar-refractivity contribution in [3.05, 3.63) is 0 Å². The third-order valence-corrected chi connectivity index (χ3v) is 8.25. The molecule has 0 saturated carbocycles. The van der Waals surface area contributed by atoms with Gasteiger partial charge in [0.25, 0.3) is 0 Å². The number of carboxylic acids is 4. The number of aliphatic hydroxyl groups is 1. The van der Waals surface area contributed by atoms with Crippen molar-refractivity contribution in [3.8, 4) is 0 Å². The Morgan fingerprint density at radius 2 is 1.11 bits per heavy atom. The molecule has 0 aliphatic heterocycles. The molecule has 14 heteroatoms. The summed E-state index contributed by atoms with van der Waals surface area (Å²) in [4.78, 5) is 71.5. The first-order chi connectivity index (χ1) is 22.1. The zero-order valence-corrected chi connectivity index (χ0v) is 28.1. The highest BCUT2D eigenvalue weighted by atomic mass is 16.6. The molecule has 0 unspecified atom stereocenters. The number of aliphatic carboxylic acids is 4. The fourth-order valence-electron chi connectivity index (χ4n) is 5.44. The van der Waals surface area contributed by atoms with E-state index in [1.165, 1.54) is 0 Å². The van der Waals surface area contributed by atoms with Crippen molar-refractivity contribution in [1.29, 1.82) is 0 Å². The number of hydrogen-bond acceptors (Lipinski definition) is 10. The maximum Gasteiger partial charge on any atom is 0.307 e. The minimum absolute atomic E-state index is 0.0276. The first kappa shape index (κ1) is 43.7. The van der Waals surface area contributed by atoms with Gasteiger partial charge in [0.2, 0.25) is 0 Å². The van der Waals surface area contributed by atoms with Crippen LogP contribution in [0.4, 0.5) is 0 Å². The quantitative estimate of drug-likeness (QED) is 0.0480. The van der Waals surface area contributed by atoms with Crippen molar-refractivity contribution in [2.45, 2.75) is 142 Å². The number of ether oxygens (including phenoxy) is 2. The zero-order valence-electron chi connectivity index (χ0n) is 28.1. The van der Waals surface area contributed by atoms with E-state index in [1.807, 2.05) is 13.8 Å². The van der Waals surface area contributed by atoms with Crippen LogP contribution in [0.3, 0.4) is 0 Å². The van der Waals surface area contributed by atoms with E-state index in [4.69, 9.17) is 25.4 Å². The fourth-order valence-corrected chi connectivity index (χ4v) is 5.44. The van der Waals surface area contributed by atoms with E-state index in [1.54, 1.807) is 6.92 Å². The predicted molar refractivity (Wildman–Crippen MR) is 170 cm³/mol. The van der Waals surface area contributed by atoms with E-state index in [-0.39, 0.29) is 24.8 Å². The highest BCUT2D eigenvalue weighted by Gasteiger charge is 2.36. The highest BCUT2D eigenvalue weighted by molar-refractivity contribution is 5.83. The largest absolute Gasteiger partial charge is 0.481 e. The van der Waals surface area contributed by atoms with Crippen LogP contribution in [0.15, 0.2) is 0 Å². The maximum atomic E-state index is 13.0. The smallest absolute Gasteiger partial charge is 0.307 e. The van der Waals surface area contributed by atoms with Crippen molar-refractivity contribution >= 4 is 35.8 Å². The minimum atomic E-state index is -1.53. The number of nitrogens with two attached hydrogens (primary N) is 1. The standard InChI is InChI=1S/C33H57NO13/c1-4-5-13-22(3)31(47-30(41)19-24(33(44)45)17-28(38)39)26(46-29(40)18-23(32(42)43)16-27(36)37)15-21(2)12-10-8-6-7-9-11-14-25(35)20-34/h21-26,31,35H,4-20,34H2,1-3H3,(H,36,37)(H,38,39)(H,42,43)(H,44,45)/t21-,22+,23+,24+,25-,26-,31+/m0/s1. The van der Waals surface area contributed by atoms with E-state index >= 15 is 0 Å². The number of carboxylic acid groups (broad SMARTS) is 4. The van der Waals surface area contributed by atoms with Gasteiger partial charge in [-0.3, -0.25) is 28.8 Å². The molecule has 0 bridgehead atoms. The molecule has 0 aliphatic rings. The van der Waals surface area contributed by atoms with Gasteiger partial charge in [-0.1, -0.05) is 78.6 Å². The molecule has 7 N–H and O–H groups in total. The van der Waals surface area contributed by atoms with Crippen molar-refractivity contribution in [2.75, 3.05) is 6.54 Å². The zero-order chi connectivity index (χ0) is 35.9. The molecular formula is C33H57NO13. The molecule has 7 atom stereocenters. The van der Waals surface area contributed by atoms with Gasteiger partial charge in [-0.2, -0.15) is 0 Å². The van der Waals surface area contributed by atoms with Crippen molar-refractivity contribution < 1.29 is 63.8 Å². The number of unbranched alkanes of at least 4 members (excludes halogenated alkanes) is 6. The predicted octanol–water partition coefficient (Wildman–Crippen LogP) is 4.23. The molecule has 0 amide bonds. The SMILES string of the molecule is CCCC[C@@H](C)[C@@H](OC(=O)C[C@@H](CC(=O)O)C(=O)O)[C@H](C[C@@H](C)CCCCCCCC[C@H](O)CN)OC(=O)C[C@@H](CC(=O)O)C(=O)O. The van der Waals surface area contributed by atoms with Gasteiger partial charge in [-0.25, -0.2) is 0 Å². The summed E-state index contributed by atoms with van der Waals surface area (Å²) in [6.45, 7) is 5.96. The second kappa shape index (κ2) is 24.9. The lowest BCUT2D eigenvalue weighted by atomic mass is 9.87. The van der Waals surface area contributed by atoms with Crippen LogP contribution in [0.2, 0.25) is 0 Å². The Morgan fingerprint density at radius 3 is 1.55 bits per heavy atom. The lowest BCUT2D eigenvalue weighted by Crippen LogP contribution is -2.42. The number of rotatable bonds is 29. The Hall–Kier alpha value is -3.26. The van der Waals surface area contributed by atoms with Crippen molar-refractivity contribution in [1.82, 2.24) is 0 Å². The van der Waals surface area contributed by atoms with Gasteiger partial charge in [0.15, 0.2) is 0 Å². The summed E-state index contributed by atoms with van der Waals surface area (Å²) in [6, 6.07) is 0. The Bertz CT molecular complexity index is 972. The Labute approximate surface area is 277 Å². The molecule has 0 aromatic heterocycles. The normalized spacial score (nSPS) is 15.8. The van der Waals surface area contributed by atoms with Crippen LogP contribution in [0, 0.1) is 23.7 Å². The number of hydrogen-bond donors (Lipinski definition) is 6. The van der Waals surface area contributed by atoms with Gasteiger partial charge in [-0.15, -0.1) is 0 Å². The summed E-state index contributed by atoms with van der Waals surface area (Å²) in [7, 11) is 0. The van der Waals surface area contributed by atoms with Crippen molar-refractivity contribution in [3.63, 3.8) is 0 Å². The molecule has 0 rings (SSSR count). The molecule has 0 spiro atoms. The Morgan fingerprint density at radius 1 is 0.638 bits per heavy atom. The van der Waals surface area contributed by atoms with Gasteiger partial charge in [0.1, 0.15) is 12.2 Å². The molecule has 0 aliphatic carbocycles. The monoisotopic (exact) mass is 675 g/mol. The fraction of sp³-hybridized carbons (Fsp3) is 0.818. The van der Waals surface area contributed by atoms with Crippen molar-refractivity contribution in [2.24, 2.45) is 29.4 Å². The summed E-state index contributed by atoms with van der Waals surface area (Å²) in [6.07, 6.45) is 3.98. The van der Waals surface area contributed by atoms with Gasteiger partial charge in [0, 0.05) is 6.54 Å². The van der Waals surface area contributed by atoms with Crippen LogP contribution >= 0.6 is 0 Å². The molecular weight excluding hydrogens is 618 g/mol. The minimum Gasteiger partial charge on any atom is -0.481 e. The second-order valence-electron chi connectivity index (χ2n) is 12.7. The first-order valence-electron chi connectivity index (χ1n) is 16.8. The molecule has 47 heavy (non-hydrogen) atoms. The van der Waals surface area contributed by atoms with E-state index in [9.17, 15) is 44.1 Å². The molecule has 0 saturated heterocycles. The number of carbonyl (C=O) groups excluding carboxylic acids is 2. The van der Waals surface area contributed by atoms with Gasteiger partial charge < -0.3 is 40.7 Å². The van der Waals surface area contributed by atoms with Gasteiger partial charge in [-0.05, 0) is 31.1 Å². The topological polar surface area (TPSA) is 248 Å². The first-order valence-corrected chi connectivity index (χ1v) is 16.8. The molecule has 272 valence electrons. The van der Waals surface area contributed by atoms with E-state index in [2.05, 4.69) is 0 Å². The second-order valence-corrected chi connectivity index (χ2v) is 12.7. The van der Waals surface area contributed by atoms with Crippen LogP contribution in [0.1, 0.15) is 124 Å². The van der Waals surface area contributed by atoms with E-state index in [0.29, 0.717) is 12.8 Å². The summed E-state index contributed by atoms with van der Waals surface area (Å²) >= 11 is 0. The Balaban J connectivity index is 5.83. The molecule has 0 fully saturated rings. The van der Waals surface area contributed by atoms with E-state index in [0.717, 1.165) is 57.8 Å². The average molecular weight is 676 g/mol. The van der Waals surface area contributed by atoms with E-state index < -0.39 is 91.6 Å². The molecule has 0 aromatic rings. The third kappa shape index (κ3) is 21.3. The number of carbonyl (C=O) groups is 6. The van der Waals surface area contributed by atoms with Gasteiger partial charge >= 0.3 is 35.8 Å². The summed E-state index contributed by atoms with van der Waals surface area (Å²) in [5, 5.41) is 46.6. The lowest BCUT2D eigenvalue weighted by Gasteiger charge is -2.33. The molecule has 0 aromatic carbocycles. The highest BCUT2D eigenvalue weighted by Crippen LogP contribution is 2.29. The van der Waals surface area contributed by atoms with Crippen LogP contribution in [0.25, 0.3) is 0 Å². The van der Waals surface area contributed by atoms with Crippen LogP contribution in [-0.2, 0) is 38.2 Å². The molecule has 0 radical (unpaired) electrons. The van der Waals surface area contributed by atoms with Gasteiger partial charge in [0.05, 0.1) is 43.6 Å². The molecule has 14 nitrogen and oxygen atoms in total. The summed E-state index contributed by atoms with van der Waals surface area (Å²) in [5.74, 6) is -11.1. The summed E-state index contributed by atoms with van der Waals surface area (Å²) in [5.41, 5.74) is 5.43. The Kier molecular flexibility index (Phi) is 23.1. The maximum absolute atomic E-state index is 13.0. The molecule has 0 heterocycles. The lowest BCUT2D eigenvalue weighted by molar-refractivity contribution is -0.177. The number of aliphatic hydroxyl groups excluding tert-OH is 1. The van der Waals surface area contributed by atoms with Crippen LogP contribution < -0.4 is 5.73 Å². The average Bonchev–Trinajstić information content (AvgIpc) is 2.98. The number of esters is 2. The van der Waals surface area contributed by atoms with Crippen LogP contribution in [0.5, 0.6) is 0 Å². The summed E-state index contributed by atoms with van der Waals surface area (Å²) < 4.78 is 11.5. The van der Waals surface area contributed by atoms with Crippen LogP contribution in [-0.4, -0.2) is 86.2 Å². The third-order valence-electron chi connectivity index (χ3n) is 8.25.